The van der Waals surface area contributed by atoms with E-state index < -0.39 is 0 Å². The van der Waals surface area contributed by atoms with E-state index in [-0.39, 0.29) is 5.91 Å². The Morgan fingerprint density at radius 3 is 2.67 bits per heavy atom. The summed E-state index contributed by atoms with van der Waals surface area (Å²) in [6, 6.07) is 0. The summed E-state index contributed by atoms with van der Waals surface area (Å²) in [5, 5.41) is 4.47. The second-order valence-electron chi connectivity index (χ2n) is 6.65. The van der Waals surface area contributed by atoms with Gasteiger partial charge in [-0.3, -0.25) is 9.48 Å². The molecule has 0 bridgehead atoms. The molecule has 0 radical (unpaired) electrons. The van der Waals surface area contributed by atoms with Gasteiger partial charge in [0, 0.05) is 32.4 Å². The Morgan fingerprint density at radius 2 is 2.05 bits per heavy atom. The van der Waals surface area contributed by atoms with Crippen LogP contribution < -0.4 is 0 Å². The van der Waals surface area contributed by atoms with Gasteiger partial charge in [-0.2, -0.15) is 5.10 Å². The van der Waals surface area contributed by atoms with E-state index in [2.05, 4.69) is 24.1 Å². The maximum atomic E-state index is 12.3. The third kappa shape index (κ3) is 3.64. The lowest BCUT2D eigenvalue weighted by atomic mass is 9.83. The number of rotatable bonds is 5. The number of aromatic nitrogens is 2. The van der Waals surface area contributed by atoms with Crippen LogP contribution in [0.5, 0.6) is 0 Å². The predicted octanol–water partition coefficient (Wildman–Crippen LogP) is 1.57. The second kappa shape index (κ2) is 6.60. The van der Waals surface area contributed by atoms with E-state index in [4.69, 9.17) is 0 Å². The van der Waals surface area contributed by atoms with Gasteiger partial charge in [0.15, 0.2) is 5.69 Å². The van der Waals surface area contributed by atoms with Gasteiger partial charge < -0.3 is 9.80 Å². The van der Waals surface area contributed by atoms with Crippen molar-refractivity contribution < 1.29 is 4.79 Å². The molecule has 0 N–H and O–H groups in total. The number of carbonyl (C=O) groups is 1. The Balaban J connectivity index is 2.09. The number of hydrogen-bond acceptors (Lipinski definition) is 3. The number of hydrogen-bond donors (Lipinski definition) is 0. The van der Waals surface area contributed by atoms with Gasteiger partial charge in [0.2, 0.25) is 0 Å². The molecule has 0 aromatic carbocycles. The van der Waals surface area contributed by atoms with Crippen molar-refractivity contribution in [3.8, 4) is 0 Å². The fraction of sp³-hybridized carbons (Fsp3) is 0.750. The summed E-state index contributed by atoms with van der Waals surface area (Å²) in [6.45, 7) is 1.14. The Bertz CT molecular complexity index is 505. The summed E-state index contributed by atoms with van der Waals surface area (Å²) in [5.74, 6) is 0.719. The molecular formula is C16H28N4O. The molecule has 1 aromatic rings. The summed E-state index contributed by atoms with van der Waals surface area (Å²) >= 11 is 0. The molecular weight excluding hydrogens is 264 g/mol. The Morgan fingerprint density at radius 1 is 1.33 bits per heavy atom. The zero-order valence-corrected chi connectivity index (χ0v) is 14.0. The minimum Gasteiger partial charge on any atom is -0.343 e. The van der Waals surface area contributed by atoms with E-state index >= 15 is 0 Å². The van der Waals surface area contributed by atoms with Crippen LogP contribution in [0, 0.1) is 5.92 Å². The monoisotopic (exact) mass is 292 g/mol. The highest BCUT2D eigenvalue weighted by molar-refractivity contribution is 5.93. The molecule has 1 heterocycles. The van der Waals surface area contributed by atoms with Gasteiger partial charge in [-0.15, -0.1) is 0 Å². The maximum Gasteiger partial charge on any atom is 0.274 e. The summed E-state index contributed by atoms with van der Waals surface area (Å²) in [6.07, 6.45) is 5.74. The van der Waals surface area contributed by atoms with Crippen LogP contribution in [0.25, 0.3) is 0 Å². The van der Waals surface area contributed by atoms with E-state index in [1.54, 1.807) is 19.0 Å². The zero-order chi connectivity index (χ0) is 15.6. The van der Waals surface area contributed by atoms with Crippen molar-refractivity contribution in [2.45, 2.75) is 32.1 Å². The van der Waals surface area contributed by atoms with Gasteiger partial charge in [-0.1, -0.05) is 0 Å². The van der Waals surface area contributed by atoms with Crippen LogP contribution in [-0.4, -0.2) is 60.2 Å². The van der Waals surface area contributed by atoms with Crippen LogP contribution in [0.1, 0.15) is 41.0 Å². The van der Waals surface area contributed by atoms with Crippen molar-refractivity contribution in [1.29, 1.82) is 0 Å². The molecule has 2 rings (SSSR count). The molecule has 5 heteroatoms. The zero-order valence-electron chi connectivity index (χ0n) is 14.0. The van der Waals surface area contributed by atoms with Crippen molar-refractivity contribution in [3.05, 3.63) is 17.0 Å². The van der Waals surface area contributed by atoms with Gasteiger partial charge >= 0.3 is 0 Å². The fourth-order valence-corrected chi connectivity index (χ4v) is 3.19. The fourth-order valence-electron chi connectivity index (χ4n) is 3.19. The molecule has 0 spiro atoms. The van der Waals surface area contributed by atoms with Crippen LogP contribution in [0.4, 0.5) is 0 Å². The first-order valence-corrected chi connectivity index (χ1v) is 7.81. The number of nitrogens with zero attached hydrogens (tertiary/aromatic N) is 4. The summed E-state index contributed by atoms with van der Waals surface area (Å²) in [4.78, 5) is 16.1. The SMILES string of the molecule is CN(C)CCCC1CCc2c(c(C(=O)N(C)C)nn2C)C1. The molecule has 0 aliphatic heterocycles. The first-order chi connectivity index (χ1) is 9.90. The molecule has 1 aromatic heterocycles. The first kappa shape index (κ1) is 16.0. The van der Waals surface area contributed by atoms with E-state index in [0.717, 1.165) is 19.4 Å². The topological polar surface area (TPSA) is 41.4 Å². The van der Waals surface area contributed by atoms with E-state index in [1.807, 2.05) is 11.7 Å². The number of fused-ring (bicyclic) bond motifs is 1. The molecule has 0 saturated heterocycles. The van der Waals surface area contributed by atoms with Gasteiger partial charge in [-0.05, 0) is 58.7 Å². The normalized spacial score (nSPS) is 17.9. The molecule has 0 saturated carbocycles. The average Bonchev–Trinajstić information content (AvgIpc) is 2.74. The van der Waals surface area contributed by atoms with Crippen LogP contribution in [-0.2, 0) is 19.9 Å². The van der Waals surface area contributed by atoms with E-state index in [9.17, 15) is 4.79 Å². The third-order valence-electron chi connectivity index (χ3n) is 4.38. The number of aryl methyl sites for hydroxylation is 1. The molecule has 1 aliphatic rings. The van der Waals surface area contributed by atoms with Crippen molar-refractivity contribution in [1.82, 2.24) is 19.6 Å². The lowest BCUT2D eigenvalue weighted by molar-refractivity contribution is 0.0819. The summed E-state index contributed by atoms with van der Waals surface area (Å²) in [5.41, 5.74) is 3.11. The second-order valence-corrected chi connectivity index (χ2v) is 6.65. The minimum absolute atomic E-state index is 0.0285. The van der Waals surface area contributed by atoms with Crippen LogP contribution in [0.3, 0.4) is 0 Å². The Labute approximate surface area is 127 Å². The van der Waals surface area contributed by atoms with E-state index in [0.29, 0.717) is 11.6 Å². The Hall–Kier alpha value is -1.36. The van der Waals surface area contributed by atoms with Crippen molar-refractivity contribution in [2.24, 2.45) is 13.0 Å². The molecule has 1 unspecified atom stereocenters. The van der Waals surface area contributed by atoms with E-state index in [1.165, 1.54) is 30.5 Å². The molecule has 1 aliphatic carbocycles. The van der Waals surface area contributed by atoms with Crippen molar-refractivity contribution >= 4 is 5.91 Å². The number of carbonyl (C=O) groups excluding carboxylic acids is 1. The standard InChI is InChI=1S/C16H28N4O/c1-18(2)10-6-7-12-8-9-14-13(11-12)15(17-20(14)5)16(21)19(3)4/h12H,6-11H2,1-5H3. The molecule has 1 atom stereocenters. The first-order valence-electron chi connectivity index (χ1n) is 7.81. The molecule has 1 amide bonds. The third-order valence-corrected chi connectivity index (χ3v) is 4.38. The van der Waals surface area contributed by atoms with Crippen LogP contribution >= 0.6 is 0 Å². The van der Waals surface area contributed by atoms with Crippen molar-refractivity contribution in [3.63, 3.8) is 0 Å². The van der Waals surface area contributed by atoms with Crippen LogP contribution in [0.15, 0.2) is 0 Å². The highest BCUT2D eigenvalue weighted by atomic mass is 16.2. The lowest BCUT2D eigenvalue weighted by Crippen LogP contribution is -2.25. The highest BCUT2D eigenvalue weighted by Gasteiger charge is 2.28. The molecule has 118 valence electrons. The smallest absolute Gasteiger partial charge is 0.274 e. The molecule has 21 heavy (non-hydrogen) atoms. The van der Waals surface area contributed by atoms with Gasteiger partial charge in [0.25, 0.3) is 5.91 Å². The molecule has 5 nitrogen and oxygen atoms in total. The summed E-state index contributed by atoms with van der Waals surface area (Å²) < 4.78 is 1.90. The number of amides is 1. The predicted molar refractivity (Wildman–Crippen MR) is 84.5 cm³/mol. The highest BCUT2D eigenvalue weighted by Crippen LogP contribution is 2.30. The average molecular weight is 292 g/mol. The van der Waals surface area contributed by atoms with Gasteiger partial charge in [0.05, 0.1) is 0 Å². The van der Waals surface area contributed by atoms with Gasteiger partial charge in [0.1, 0.15) is 0 Å². The molecule has 0 fully saturated rings. The van der Waals surface area contributed by atoms with Gasteiger partial charge in [-0.25, -0.2) is 0 Å². The van der Waals surface area contributed by atoms with Crippen LogP contribution in [0.2, 0.25) is 0 Å². The summed E-state index contributed by atoms with van der Waals surface area (Å²) in [7, 11) is 9.78. The largest absolute Gasteiger partial charge is 0.343 e. The minimum atomic E-state index is 0.0285. The van der Waals surface area contributed by atoms with Crippen molar-refractivity contribution in [2.75, 3.05) is 34.7 Å². The Kier molecular flexibility index (Phi) is 5.04. The quantitative estimate of drug-likeness (QED) is 0.827. The maximum absolute atomic E-state index is 12.3. The lowest BCUT2D eigenvalue weighted by Gasteiger charge is -2.24.